The number of piperidine rings is 1. The number of para-hydroxylation sites is 1. The van der Waals surface area contributed by atoms with Crippen molar-refractivity contribution in [2.75, 3.05) is 26.0 Å². The normalized spacial score (nSPS) is 17.1. The van der Waals surface area contributed by atoms with Gasteiger partial charge in [0.15, 0.2) is 0 Å². The number of methoxy groups -OCH3 is 1. The van der Waals surface area contributed by atoms with Gasteiger partial charge in [0.2, 0.25) is 0 Å². The molecule has 6 heteroatoms. The Morgan fingerprint density at radius 3 is 2.62 bits per heavy atom. The van der Waals surface area contributed by atoms with E-state index in [4.69, 9.17) is 4.74 Å². The van der Waals surface area contributed by atoms with Crippen LogP contribution in [0.5, 0.6) is 5.75 Å². The number of carbonyl (C=O) groups excluding carboxylic acids is 1. The summed E-state index contributed by atoms with van der Waals surface area (Å²) < 4.78 is 5.43. The molecule has 2 aromatic rings. The van der Waals surface area contributed by atoms with E-state index in [-0.39, 0.29) is 12.5 Å². The van der Waals surface area contributed by atoms with Crippen molar-refractivity contribution >= 4 is 29.7 Å². The summed E-state index contributed by atoms with van der Waals surface area (Å²) in [5.74, 6) is -0.247. The van der Waals surface area contributed by atoms with Gasteiger partial charge in [0.05, 0.1) is 13.0 Å². The molecule has 0 spiro atoms. The number of ether oxygens (including phenoxy) is 1. The zero-order chi connectivity index (χ0) is 20.6. The van der Waals surface area contributed by atoms with E-state index < -0.39 is 11.9 Å². The number of amides is 1. The minimum Gasteiger partial charge on any atom is -0.496 e. The van der Waals surface area contributed by atoms with E-state index in [1.54, 1.807) is 23.8 Å². The standard InChI is InChI=1S/C23H25NO4S/c1-28-21-12-6-5-8-17(21)14-19(16-29-20-10-3-2-4-11-20)22(25)24-13-7-9-18(15-24)23(26)27/h2-6,8,10-12,14,18H,7,9,13,15-16H2,1H3,(H,26,27)/b19-14+/t18-/m1/s1. The number of aliphatic carboxylic acids is 1. The van der Waals surface area contributed by atoms with Crippen LogP contribution in [0.25, 0.3) is 6.08 Å². The number of hydrogen-bond donors (Lipinski definition) is 1. The fourth-order valence-corrected chi connectivity index (χ4v) is 4.26. The quantitative estimate of drug-likeness (QED) is 0.547. The van der Waals surface area contributed by atoms with E-state index in [1.165, 1.54) is 0 Å². The summed E-state index contributed by atoms with van der Waals surface area (Å²) in [5.41, 5.74) is 1.47. The van der Waals surface area contributed by atoms with Crippen molar-refractivity contribution in [1.29, 1.82) is 0 Å². The lowest BCUT2D eigenvalue weighted by molar-refractivity contribution is -0.145. The van der Waals surface area contributed by atoms with Gasteiger partial charge < -0.3 is 14.7 Å². The van der Waals surface area contributed by atoms with Crippen molar-refractivity contribution in [3.8, 4) is 5.75 Å². The summed E-state index contributed by atoms with van der Waals surface area (Å²) in [6.45, 7) is 0.843. The van der Waals surface area contributed by atoms with Crippen LogP contribution >= 0.6 is 11.8 Å². The summed E-state index contributed by atoms with van der Waals surface area (Å²) in [7, 11) is 1.61. The Bertz CT molecular complexity index is 881. The third-order valence-electron chi connectivity index (χ3n) is 4.94. The van der Waals surface area contributed by atoms with Gasteiger partial charge in [-0.05, 0) is 37.1 Å². The van der Waals surface area contributed by atoms with Crippen molar-refractivity contribution in [2.24, 2.45) is 5.92 Å². The summed E-state index contributed by atoms with van der Waals surface area (Å²) in [6, 6.07) is 17.5. The maximum atomic E-state index is 13.3. The number of thioether (sulfide) groups is 1. The lowest BCUT2D eigenvalue weighted by Gasteiger charge is -2.31. The molecule has 152 valence electrons. The molecule has 0 unspecified atom stereocenters. The van der Waals surface area contributed by atoms with Gasteiger partial charge in [-0.3, -0.25) is 9.59 Å². The maximum Gasteiger partial charge on any atom is 0.308 e. The van der Waals surface area contributed by atoms with Gasteiger partial charge in [0, 0.05) is 34.9 Å². The molecular weight excluding hydrogens is 386 g/mol. The molecular formula is C23H25NO4S. The van der Waals surface area contributed by atoms with E-state index in [1.807, 2.05) is 60.7 Å². The van der Waals surface area contributed by atoms with Gasteiger partial charge in [-0.15, -0.1) is 11.8 Å². The Morgan fingerprint density at radius 1 is 1.17 bits per heavy atom. The Hall–Kier alpha value is -2.73. The number of rotatable bonds is 7. The Morgan fingerprint density at radius 2 is 1.90 bits per heavy atom. The molecule has 0 aromatic heterocycles. The van der Waals surface area contributed by atoms with E-state index in [0.29, 0.717) is 36.5 Å². The SMILES string of the molecule is COc1ccccc1/C=C(\CSc1ccccc1)C(=O)N1CCC[C@@H](C(=O)O)C1. The Balaban J connectivity index is 1.86. The van der Waals surface area contributed by atoms with Crippen LogP contribution in [0.2, 0.25) is 0 Å². The van der Waals surface area contributed by atoms with Crippen molar-refractivity contribution in [2.45, 2.75) is 17.7 Å². The van der Waals surface area contributed by atoms with Crippen molar-refractivity contribution in [3.05, 3.63) is 65.7 Å². The zero-order valence-corrected chi connectivity index (χ0v) is 17.2. The van der Waals surface area contributed by atoms with Crippen molar-refractivity contribution in [1.82, 2.24) is 4.90 Å². The molecule has 1 N–H and O–H groups in total. The summed E-state index contributed by atoms with van der Waals surface area (Å²) >= 11 is 1.59. The molecule has 0 saturated carbocycles. The van der Waals surface area contributed by atoms with Crippen LogP contribution in [0, 0.1) is 5.92 Å². The molecule has 5 nitrogen and oxygen atoms in total. The maximum absolute atomic E-state index is 13.3. The molecule has 0 aliphatic carbocycles. The monoisotopic (exact) mass is 411 g/mol. The number of likely N-dealkylation sites (tertiary alicyclic amines) is 1. The third-order valence-corrected chi connectivity index (χ3v) is 6.00. The molecule has 1 atom stereocenters. The first kappa shape index (κ1) is 21.0. The van der Waals surface area contributed by atoms with E-state index in [2.05, 4.69) is 0 Å². The number of hydrogen-bond acceptors (Lipinski definition) is 4. The molecule has 0 bridgehead atoms. The molecule has 1 amide bonds. The minimum absolute atomic E-state index is 0.106. The highest BCUT2D eigenvalue weighted by Crippen LogP contribution is 2.27. The highest BCUT2D eigenvalue weighted by Gasteiger charge is 2.29. The number of carbonyl (C=O) groups is 2. The minimum atomic E-state index is -0.837. The number of nitrogens with zero attached hydrogens (tertiary/aromatic N) is 1. The summed E-state index contributed by atoms with van der Waals surface area (Å²) in [5, 5.41) is 9.36. The molecule has 1 fully saturated rings. The van der Waals surface area contributed by atoms with Gasteiger partial charge in [-0.2, -0.15) is 0 Å². The van der Waals surface area contributed by atoms with Crippen LogP contribution in [-0.4, -0.2) is 47.8 Å². The molecule has 3 rings (SSSR count). The molecule has 1 heterocycles. The van der Waals surface area contributed by atoms with Gasteiger partial charge >= 0.3 is 5.97 Å². The number of benzene rings is 2. The smallest absolute Gasteiger partial charge is 0.308 e. The van der Waals surface area contributed by atoms with Crippen LogP contribution in [0.15, 0.2) is 65.1 Å². The van der Waals surface area contributed by atoms with Crippen LogP contribution in [0.1, 0.15) is 18.4 Å². The molecule has 1 aliphatic heterocycles. The van der Waals surface area contributed by atoms with Gasteiger partial charge in [-0.25, -0.2) is 0 Å². The fraction of sp³-hybridized carbons (Fsp3) is 0.304. The van der Waals surface area contributed by atoms with Crippen molar-refractivity contribution < 1.29 is 19.4 Å². The van der Waals surface area contributed by atoms with Crippen molar-refractivity contribution in [3.63, 3.8) is 0 Å². The molecule has 2 aromatic carbocycles. The first-order valence-corrected chi connectivity index (χ1v) is 10.6. The number of carboxylic acid groups (broad SMARTS) is 1. The highest BCUT2D eigenvalue weighted by molar-refractivity contribution is 7.99. The summed E-state index contributed by atoms with van der Waals surface area (Å²) in [4.78, 5) is 27.5. The van der Waals surface area contributed by atoms with E-state index in [9.17, 15) is 14.7 Å². The van der Waals surface area contributed by atoms with Crippen LogP contribution in [0.3, 0.4) is 0 Å². The Labute approximate surface area is 175 Å². The lowest BCUT2D eigenvalue weighted by atomic mass is 9.97. The first-order chi connectivity index (χ1) is 14.1. The molecule has 29 heavy (non-hydrogen) atoms. The largest absolute Gasteiger partial charge is 0.496 e. The second-order valence-corrected chi connectivity index (χ2v) is 7.99. The van der Waals surface area contributed by atoms with E-state index >= 15 is 0 Å². The predicted molar refractivity (Wildman–Crippen MR) is 115 cm³/mol. The van der Waals surface area contributed by atoms with Crippen LogP contribution in [0.4, 0.5) is 0 Å². The van der Waals surface area contributed by atoms with Gasteiger partial charge in [0.25, 0.3) is 5.91 Å². The van der Waals surface area contributed by atoms with E-state index in [0.717, 1.165) is 10.5 Å². The second kappa shape index (κ2) is 10.2. The zero-order valence-electron chi connectivity index (χ0n) is 16.4. The second-order valence-electron chi connectivity index (χ2n) is 6.94. The molecule has 0 radical (unpaired) electrons. The average molecular weight is 412 g/mol. The van der Waals surface area contributed by atoms with Gasteiger partial charge in [0.1, 0.15) is 5.75 Å². The lowest BCUT2D eigenvalue weighted by Crippen LogP contribution is -2.43. The fourth-order valence-electron chi connectivity index (χ4n) is 3.38. The molecule has 1 saturated heterocycles. The predicted octanol–water partition coefficient (Wildman–Crippen LogP) is 4.19. The number of carboxylic acids is 1. The third kappa shape index (κ3) is 5.64. The van der Waals surface area contributed by atoms with Gasteiger partial charge in [-0.1, -0.05) is 36.4 Å². The van der Waals surface area contributed by atoms with Crippen LogP contribution < -0.4 is 4.74 Å². The van der Waals surface area contributed by atoms with Crippen LogP contribution in [-0.2, 0) is 9.59 Å². The summed E-state index contributed by atoms with van der Waals surface area (Å²) in [6.07, 6.45) is 3.18. The topological polar surface area (TPSA) is 66.8 Å². The Kier molecular flexibility index (Phi) is 7.36. The first-order valence-electron chi connectivity index (χ1n) is 9.62. The average Bonchev–Trinajstić information content (AvgIpc) is 2.77. The molecule has 1 aliphatic rings. The highest BCUT2D eigenvalue weighted by atomic mass is 32.2.